The normalized spacial score (nSPS) is 15.6. The summed E-state index contributed by atoms with van der Waals surface area (Å²) in [5, 5.41) is 2.94. The molecule has 2 aromatic heterocycles. The first kappa shape index (κ1) is 11.5. The Kier molecular flexibility index (Phi) is 2.74. The third kappa shape index (κ3) is 1.77. The fourth-order valence-electron chi connectivity index (χ4n) is 2.03. The summed E-state index contributed by atoms with van der Waals surface area (Å²) < 4.78 is 2.53. The van der Waals surface area contributed by atoms with Crippen LogP contribution in [0.5, 0.6) is 0 Å². The van der Waals surface area contributed by atoms with Crippen molar-refractivity contribution in [3.05, 3.63) is 28.5 Å². The molecule has 94 valence electrons. The number of hydrogen-bond donors (Lipinski definition) is 2. The number of carbonyl (C=O) groups is 1. The summed E-state index contributed by atoms with van der Waals surface area (Å²) in [6, 6.07) is 4.00. The summed E-state index contributed by atoms with van der Waals surface area (Å²) in [5.41, 5.74) is 6.92. The first-order chi connectivity index (χ1) is 8.66. The van der Waals surface area contributed by atoms with Crippen LogP contribution in [0.15, 0.2) is 22.8 Å². The van der Waals surface area contributed by atoms with E-state index in [-0.39, 0.29) is 11.9 Å². The highest BCUT2D eigenvalue weighted by molar-refractivity contribution is 9.10. The molecular formula is C12H13BrN4O. The molecule has 0 unspecified atom stereocenters. The van der Waals surface area contributed by atoms with Gasteiger partial charge in [-0.05, 0) is 47.3 Å². The summed E-state index contributed by atoms with van der Waals surface area (Å²) in [7, 11) is 0. The van der Waals surface area contributed by atoms with Gasteiger partial charge in [-0.3, -0.25) is 9.20 Å². The highest BCUT2D eigenvalue weighted by atomic mass is 79.9. The number of nitrogens with two attached hydrogens (primary N) is 1. The predicted molar refractivity (Wildman–Crippen MR) is 72.4 cm³/mol. The number of nitrogen functional groups attached to an aromatic ring is 1. The first-order valence-electron chi connectivity index (χ1n) is 5.89. The monoisotopic (exact) mass is 308 g/mol. The third-order valence-corrected chi connectivity index (χ3v) is 3.91. The number of nitrogens with one attached hydrogen (secondary N) is 1. The van der Waals surface area contributed by atoms with E-state index in [9.17, 15) is 4.79 Å². The molecule has 3 N–H and O–H groups in total. The van der Waals surface area contributed by atoms with Crippen molar-refractivity contribution in [2.45, 2.75) is 25.3 Å². The average molecular weight is 309 g/mol. The number of rotatable bonds is 2. The Morgan fingerprint density at radius 1 is 1.56 bits per heavy atom. The van der Waals surface area contributed by atoms with Gasteiger partial charge in [0.25, 0.3) is 5.91 Å². The van der Waals surface area contributed by atoms with Crippen LogP contribution in [-0.4, -0.2) is 21.3 Å². The number of nitrogens with zero attached hydrogens (tertiary/aromatic N) is 2. The number of halogens is 1. The molecule has 0 saturated heterocycles. The van der Waals surface area contributed by atoms with Crippen LogP contribution >= 0.6 is 15.9 Å². The molecule has 1 amide bonds. The molecule has 2 heterocycles. The largest absolute Gasteiger partial charge is 0.383 e. The van der Waals surface area contributed by atoms with Crippen molar-refractivity contribution >= 4 is 33.3 Å². The standard InChI is InChI=1S/C12H13BrN4O/c13-8-5-2-6-17-10(14)9(16-11(8)17)12(18)15-7-3-1-4-7/h2,5-7H,1,3-4,14H2,(H,15,18). The zero-order chi connectivity index (χ0) is 12.7. The maximum atomic E-state index is 12.1. The second kappa shape index (κ2) is 4.28. The van der Waals surface area contributed by atoms with Gasteiger partial charge in [0.15, 0.2) is 11.3 Å². The maximum absolute atomic E-state index is 12.1. The van der Waals surface area contributed by atoms with Crippen LogP contribution in [-0.2, 0) is 0 Å². The second-order valence-electron chi connectivity index (χ2n) is 4.50. The van der Waals surface area contributed by atoms with Crippen molar-refractivity contribution in [2.24, 2.45) is 0 Å². The van der Waals surface area contributed by atoms with E-state index in [2.05, 4.69) is 26.2 Å². The van der Waals surface area contributed by atoms with Crippen molar-refractivity contribution in [1.82, 2.24) is 14.7 Å². The summed E-state index contributed by atoms with van der Waals surface area (Å²) in [6.07, 6.45) is 5.06. The van der Waals surface area contributed by atoms with Crippen LogP contribution in [0.3, 0.4) is 0 Å². The number of pyridine rings is 1. The third-order valence-electron chi connectivity index (χ3n) is 3.29. The minimum atomic E-state index is -0.187. The average Bonchev–Trinajstić information content (AvgIpc) is 2.63. The van der Waals surface area contributed by atoms with Gasteiger partial charge in [0.2, 0.25) is 0 Å². The number of imidazole rings is 1. The number of hydrogen-bond acceptors (Lipinski definition) is 3. The van der Waals surface area contributed by atoms with Crippen LogP contribution in [0.4, 0.5) is 5.82 Å². The lowest BCUT2D eigenvalue weighted by Gasteiger charge is -2.25. The quantitative estimate of drug-likeness (QED) is 0.891. The van der Waals surface area contributed by atoms with Gasteiger partial charge in [0.1, 0.15) is 5.82 Å². The van der Waals surface area contributed by atoms with Crippen LogP contribution in [0.2, 0.25) is 0 Å². The van der Waals surface area contributed by atoms with E-state index >= 15 is 0 Å². The Morgan fingerprint density at radius 2 is 2.33 bits per heavy atom. The molecule has 0 radical (unpaired) electrons. The van der Waals surface area contributed by atoms with E-state index in [4.69, 9.17) is 5.73 Å². The minimum Gasteiger partial charge on any atom is -0.383 e. The fraction of sp³-hybridized carbons (Fsp3) is 0.333. The summed E-state index contributed by atoms with van der Waals surface area (Å²) in [4.78, 5) is 16.4. The molecule has 1 saturated carbocycles. The molecule has 5 nitrogen and oxygen atoms in total. The zero-order valence-electron chi connectivity index (χ0n) is 9.69. The number of aromatic nitrogens is 2. The van der Waals surface area contributed by atoms with Crippen LogP contribution < -0.4 is 11.1 Å². The molecule has 6 heteroatoms. The Balaban J connectivity index is 1.98. The van der Waals surface area contributed by atoms with Gasteiger partial charge in [-0.1, -0.05) is 0 Å². The second-order valence-corrected chi connectivity index (χ2v) is 5.35. The number of fused-ring (bicyclic) bond motifs is 1. The SMILES string of the molecule is Nc1c(C(=O)NC2CCC2)nc2c(Br)cccn12. The Labute approximate surface area is 113 Å². The van der Waals surface area contributed by atoms with Crippen molar-refractivity contribution in [2.75, 3.05) is 5.73 Å². The van der Waals surface area contributed by atoms with E-state index < -0.39 is 0 Å². The summed E-state index contributed by atoms with van der Waals surface area (Å²) in [6.45, 7) is 0. The Hall–Kier alpha value is -1.56. The molecule has 0 aromatic carbocycles. The number of anilines is 1. The van der Waals surface area contributed by atoms with Crippen molar-refractivity contribution < 1.29 is 4.79 Å². The molecule has 0 bridgehead atoms. The van der Waals surface area contributed by atoms with E-state index in [1.165, 1.54) is 6.42 Å². The molecule has 0 atom stereocenters. The van der Waals surface area contributed by atoms with Crippen LogP contribution in [0.25, 0.3) is 5.65 Å². The molecular weight excluding hydrogens is 296 g/mol. The van der Waals surface area contributed by atoms with Crippen molar-refractivity contribution in [3.63, 3.8) is 0 Å². The molecule has 18 heavy (non-hydrogen) atoms. The van der Waals surface area contributed by atoms with Gasteiger partial charge in [-0.15, -0.1) is 0 Å². The van der Waals surface area contributed by atoms with Crippen molar-refractivity contribution in [3.8, 4) is 0 Å². The van der Waals surface area contributed by atoms with Gasteiger partial charge in [-0.2, -0.15) is 0 Å². The zero-order valence-corrected chi connectivity index (χ0v) is 11.3. The minimum absolute atomic E-state index is 0.187. The van der Waals surface area contributed by atoms with E-state index in [0.29, 0.717) is 17.2 Å². The van der Waals surface area contributed by atoms with E-state index in [0.717, 1.165) is 17.3 Å². The molecule has 1 fully saturated rings. The highest BCUT2D eigenvalue weighted by Gasteiger charge is 2.24. The lowest BCUT2D eigenvalue weighted by atomic mass is 9.93. The van der Waals surface area contributed by atoms with Gasteiger partial charge in [0, 0.05) is 12.2 Å². The summed E-state index contributed by atoms with van der Waals surface area (Å²) >= 11 is 3.40. The van der Waals surface area contributed by atoms with E-state index in [1.807, 2.05) is 12.1 Å². The first-order valence-corrected chi connectivity index (χ1v) is 6.69. The smallest absolute Gasteiger partial charge is 0.273 e. The lowest BCUT2D eigenvalue weighted by molar-refractivity contribution is 0.0913. The highest BCUT2D eigenvalue weighted by Crippen LogP contribution is 2.23. The number of carbonyl (C=O) groups excluding carboxylic acids is 1. The molecule has 1 aliphatic carbocycles. The molecule has 1 aliphatic rings. The van der Waals surface area contributed by atoms with Gasteiger partial charge < -0.3 is 11.1 Å². The molecule has 0 spiro atoms. The predicted octanol–water partition coefficient (Wildman–Crippen LogP) is 1.96. The van der Waals surface area contributed by atoms with Gasteiger partial charge in [-0.25, -0.2) is 4.98 Å². The molecule has 0 aliphatic heterocycles. The topological polar surface area (TPSA) is 72.4 Å². The molecule has 3 rings (SSSR count). The van der Waals surface area contributed by atoms with Crippen LogP contribution in [0.1, 0.15) is 29.8 Å². The van der Waals surface area contributed by atoms with Crippen molar-refractivity contribution in [1.29, 1.82) is 0 Å². The van der Waals surface area contributed by atoms with Gasteiger partial charge in [0.05, 0.1) is 4.47 Å². The summed E-state index contributed by atoms with van der Waals surface area (Å²) in [5.74, 6) is 0.191. The maximum Gasteiger partial charge on any atom is 0.273 e. The fourth-order valence-corrected chi connectivity index (χ4v) is 2.46. The van der Waals surface area contributed by atoms with E-state index in [1.54, 1.807) is 10.6 Å². The Bertz CT molecular complexity index is 618. The Morgan fingerprint density at radius 3 is 2.94 bits per heavy atom. The molecule has 2 aromatic rings. The van der Waals surface area contributed by atoms with Crippen LogP contribution in [0, 0.1) is 0 Å². The lowest BCUT2D eigenvalue weighted by Crippen LogP contribution is -2.39. The van der Waals surface area contributed by atoms with Gasteiger partial charge >= 0.3 is 0 Å². The number of amides is 1.